The van der Waals surface area contributed by atoms with E-state index in [1.54, 1.807) is 0 Å². The Kier molecular flexibility index (Phi) is 9.05. The molecule has 2 aliphatic rings. The number of guanidine groups is 1. The quantitative estimate of drug-likeness (QED) is 0.0966. The molecule has 0 aliphatic carbocycles. The van der Waals surface area contributed by atoms with Gasteiger partial charge in [0.25, 0.3) is 0 Å². The number of amides is 1. The summed E-state index contributed by atoms with van der Waals surface area (Å²) in [7, 11) is 0. The molecule has 0 radical (unpaired) electrons. The lowest BCUT2D eigenvalue weighted by molar-refractivity contribution is -0.137. The highest BCUT2D eigenvalue weighted by Gasteiger charge is 2.31. The minimum Gasteiger partial charge on any atom is -0.395 e. The van der Waals surface area contributed by atoms with E-state index in [1.165, 1.54) is 4.90 Å². The van der Waals surface area contributed by atoms with Crippen LogP contribution in [0.4, 0.5) is 0 Å². The summed E-state index contributed by atoms with van der Waals surface area (Å²) in [4.78, 5) is 15.6. The lowest BCUT2D eigenvalue weighted by Gasteiger charge is -2.36. The summed E-state index contributed by atoms with van der Waals surface area (Å²) in [5.41, 5.74) is 5.56. The van der Waals surface area contributed by atoms with E-state index in [0.29, 0.717) is 32.4 Å². The lowest BCUT2D eigenvalue weighted by atomic mass is 9.91. The Morgan fingerprint density at radius 2 is 2.07 bits per heavy atom. The Morgan fingerprint density at radius 3 is 2.71 bits per heavy atom. The number of aliphatic hydroxyl groups is 2. The van der Waals surface area contributed by atoms with Crippen LogP contribution in [0.3, 0.4) is 0 Å². The number of β-amino-alcohol motifs (C(OH)–C–C–N with tert-alkyl or cyclic N) is 1. The maximum Gasteiger partial charge on any atom is 0.240 e. The molecule has 2 rings (SSSR count). The van der Waals surface area contributed by atoms with E-state index < -0.39 is 23.5 Å². The van der Waals surface area contributed by atoms with Crippen LogP contribution in [0.1, 0.15) is 32.1 Å². The molecule has 5 atom stereocenters. The van der Waals surface area contributed by atoms with Gasteiger partial charge in [0.05, 0.1) is 13.2 Å². The van der Waals surface area contributed by atoms with Crippen LogP contribution in [0.5, 0.6) is 0 Å². The molecule has 0 spiro atoms. The van der Waals surface area contributed by atoms with Gasteiger partial charge in [-0.3, -0.25) is 20.1 Å². The first kappa shape index (κ1) is 23.0. The number of hydrogen-bond acceptors (Lipinski definition) is 6. The number of carbonyl (C=O) groups excluding carboxylic acids is 1. The lowest BCUT2D eigenvalue weighted by Crippen LogP contribution is -2.55. The van der Waals surface area contributed by atoms with Crippen molar-refractivity contribution >= 4 is 23.1 Å². The standard InChI is InChI=1S/C16H32N6O5S/c17-16(18)22-6-1-3-11(8-22)7-12(10-23)19-14(24)9-21-5-2-4-13(15(21)25)20-28(26)27/h11-14,19-20,23-24H,1-10H2,(H3,17,18)(H,26,27)/t11-,12-,13-,14-/m0/s1. The monoisotopic (exact) mass is 420 g/mol. The van der Waals surface area contributed by atoms with E-state index in [2.05, 4.69) is 10.0 Å². The largest absolute Gasteiger partial charge is 0.395 e. The van der Waals surface area contributed by atoms with Gasteiger partial charge in [-0.25, -0.2) is 8.93 Å². The van der Waals surface area contributed by atoms with Crippen LogP contribution in [0.15, 0.2) is 0 Å². The number of nitrogens with zero attached hydrogens (tertiary/aromatic N) is 2. The first-order chi connectivity index (χ1) is 13.3. The Morgan fingerprint density at radius 1 is 1.36 bits per heavy atom. The molecule has 2 aliphatic heterocycles. The topological polar surface area (TPSA) is 175 Å². The highest BCUT2D eigenvalue weighted by molar-refractivity contribution is 7.77. The molecule has 2 heterocycles. The average molecular weight is 421 g/mol. The molecular weight excluding hydrogens is 388 g/mol. The van der Waals surface area contributed by atoms with E-state index in [9.17, 15) is 19.2 Å². The van der Waals surface area contributed by atoms with Crippen molar-refractivity contribution in [2.75, 3.05) is 32.8 Å². The Bertz CT molecular complexity index is 568. The van der Waals surface area contributed by atoms with Crippen molar-refractivity contribution < 1.29 is 23.8 Å². The Hall–Kier alpha value is -1.31. The number of aliphatic hydroxyl groups excluding tert-OH is 2. The van der Waals surface area contributed by atoms with Gasteiger partial charge in [-0.15, -0.1) is 0 Å². The number of likely N-dealkylation sites (tertiary alicyclic amines) is 2. The zero-order valence-corrected chi connectivity index (χ0v) is 16.7. The van der Waals surface area contributed by atoms with Crippen molar-refractivity contribution in [2.24, 2.45) is 11.7 Å². The van der Waals surface area contributed by atoms with E-state index >= 15 is 0 Å². The first-order valence-electron chi connectivity index (χ1n) is 9.60. The molecule has 0 aromatic carbocycles. The van der Waals surface area contributed by atoms with Gasteiger partial charge in [0.2, 0.25) is 17.2 Å². The van der Waals surface area contributed by atoms with Gasteiger partial charge in [0.1, 0.15) is 12.3 Å². The van der Waals surface area contributed by atoms with Gasteiger partial charge in [-0.1, -0.05) is 0 Å². The van der Waals surface area contributed by atoms with Gasteiger partial charge >= 0.3 is 0 Å². The highest BCUT2D eigenvalue weighted by atomic mass is 32.2. The van der Waals surface area contributed by atoms with Crippen molar-refractivity contribution in [3.05, 3.63) is 0 Å². The number of nitrogens with two attached hydrogens (primary N) is 1. The normalized spacial score (nSPS) is 26.8. The SMILES string of the molecule is N=C(N)N1CCC[C@@H](C[C@@H](CO)N[C@@H](O)CN2CCC[C@H](NS(=O)O)C2=O)C1. The summed E-state index contributed by atoms with van der Waals surface area (Å²) in [5.74, 6) is -0.0208. The summed E-state index contributed by atoms with van der Waals surface area (Å²) in [6.45, 7) is 1.76. The fraction of sp³-hybridized carbons (Fsp3) is 0.875. The minimum atomic E-state index is -2.27. The van der Waals surface area contributed by atoms with Crippen LogP contribution >= 0.6 is 0 Å². The molecule has 0 bridgehead atoms. The number of nitrogens with one attached hydrogen (secondary N) is 3. The van der Waals surface area contributed by atoms with Gasteiger partial charge in [0.15, 0.2) is 5.96 Å². The summed E-state index contributed by atoms with van der Waals surface area (Å²) >= 11 is -2.27. The first-order valence-corrected chi connectivity index (χ1v) is 10.7. The molecule has 0 aromatic heterocycles. The minimum absolute atomic E-state index is 0.0375. The van der Waals surface area contributed by atoms with Crippen LogP contribution in [-0.2, 0) is 16.1 Å². The van der Waals surface area contributed by atoms with Crippen LogP contribution in [0, 0.1) is 11.3 Å². The highest BCUT2D eigenvalue weighted by Crippen LogP contribution is 2.21. The summed E-state index contributed by atoms with van der Waals surface area (Å²) in [6.07, 6.45) is 2.63. The molecule has 11 nitrogen and oxygen atoms in total. The fourth-order valence-corrected chi connectivity index (χ4v) is 4.42. The predicted octanol–water partition coefficient (Wildman–Crippen LogP) is -2.03. The van der Waals surface area contributed by atoms with Crippen molar-refractivity contribution in [1.29, 1.82) is 5.41 Å². The zero-order valence-electron chi connectivity index (χ0n) is 15.9. The van der Waals surface area contributed by atoms with Crippen LogP contribution in [0.25, 0.3) is 0 Å². The Labute approximate surface area is 167 Å². The molecule has 1 amide bonds. The molecule has 2 saturated heterocycles. The van der Waals surface area contributed by atoms with Crippen molar-refractivity contribution in [3.63, 3.8) is 0 Å². The van der Waals surface area contributed by atoms with Crippen LogP contribution < -0.4 is 15.8 Å². The van der Waals surface area contributed by atoms with Gasteiger partial charge < -0.3 is 25.7 Å². The molecular formula is C16H32N6O5S. The molecule has 162 valence electrons. The smallest absolute Gasteiger partial charge is 0.240 e. The van der Waals surface area contributed by atoms with E-state index in [4.69, 9.17) is 15.7 Å². The molecule has 8 N–H and O–H groups in total. The van der Waals surface area contributed by atoms with E-state index in [0.717, 1.165) is 19.4 Å². The number of carbonyl (C=O) groups is 1. The van der Waals surface area contributed by atoms with Crippen LogP contribution in [0.2, 0.25) is 0 Å². The van der Waals surface area contributed by atoms with Gasteiger partial charge in [0, 0.05) is 25.7 Å². The van der Waals surface area contributed by atoms with E-state index in [-0.39, 0.29) is 37.0 Å². The third-order valence-corrected chi connectivity index (χ3v) is 5.78. The molecule has 0 aromatic rings. The van der Waals surface area contributed by atoms with Crippen molar-refractivity contribution in [1.82, 2.24) is 19.8 Å². The second kappa shape index (κ2) is 11.0. The summed E-state index contributed by atoms with van der Waals surface area (Å²) < 4.78 is 22.1. The number of hydrogen-bond donors (Lipinski definition) is 7. The average Bonchev–Trinajstić information content (AvgIpc) is 2.64. The maximum absolute atomic E-state index is 12.4. The molecule has 0 saturated carbocycles. The van der Waals surface area contributed by atoms with Gasteiger partial charge in [-0.05, 0) is 38.0 Å². The Balaban J connectivity index is 1.82. The summed E-state index contributed by atoms with van der Waals surface area (Å²) in [5, 5.41) is 30.5. The molecule has 2 fully saturated rings. The van der Waals surface area contributed by atoms with E-state index in [1.807, 2.05) is 4.90 Å². The van der Waals surface area contributed by atoms with Crippen molar-refractivity contribution in [2.45, 2.75) is 50.4 Å². The van der Waals surface area contributed by atoms with Gasteiger partial charge in [-0.2, -0.15) is 0 Å². The van der Waals surface area contributed by atoms with Crippen LogP contribution in [-0.4, -0.2) is 91.7 Å². The van der Waals surface area contributed by atoms with Crippen molar-refractivity contribution in [3.8, 4) is 0 Å². The zero-order chi connectivity index (χ0) is 20.7. The maximum atomic E-state index is 12.4. The number of rotatable bonds is 9. The predicted molar refractivity (Wildman–Crippen MR) is 104 cm³/mol. The summed E-state index contributed by atoms with van der Waals surface area (Å²) in [6, 6.07) is -1.08. The third-order valence-electron chi connectivity index (χ3n) is 5.29. The second-order valence-electron chi connectivity index (χ2n) is 7.48. The molecule has 12 heteroatoms. The second-order valence-corrected chi connectivity index (χ2v) is 8.22. The molecule has 1 unspecified atom stereocenters. The molecule has 28 heavy (non-hydrogen) atoms. The third kappa shape index (κ3) is 6.94. The number of piperidine rings is 2. The fourth-order valence-electron chi connectivity index (χ4n) is 3.96.